The summed E-state index contributed by atoms with van der Waals surface area (Å²) in [6.07, 6.45) is 1.61. The van der Waals surface area contributed by atoms with E-state index in [2.05, 4.69) is 21.2 Å². The van der Waals surface area contributed by atoms with Gasteiger partial charge in [-0.3, -0.25) is 14.2 Å². The quantitative estimate of drug-likeness (QED) is 0.311. The summed E-state index contributed by atoms with van der Waals surface area (Å²) < 4.78 is 7.31. The SMILES string of the molecule is CCOC(=O)c1ccc(-n2c(/C=C3\C(=O)Nc4ccc(Br)cc43)nc3ccccc3c2=O)cc1. The Bertz CT molecular complexity index is 1560. The minimum absolute atomic E-state index is 0.270. The van der Waals surface area contributed by atoms with Gasteiger partial charge in [-0.25, -0.2) is 9.78 Å². The third-order valence-electron chi connectivity index (χ3n) is 5.48. The standard InChI is InChI=1S/C26H18BrN3O4/c1-2-34-26(33)15-7-10-17(11-8-15)30-23(28-21-6-4-3-5-18(21)25(30)32)14-20-19-13-16(27)9-12-22(19)29-24(20)31/h3-14H,2H2,1H3,(H,29,31)/b20-14-. The van der Waals surface area contributed by atoms with Gasteiger partial charge >= 0.3 is 5.97 Å². The van der Waals surface area contributed by atoms with Crippen LogP contribution in [0.15, 0.2) is 76.0 Å². The molecular formula is C26H18BrN3O4. The smallest absolute Gasteiger partial charge is 0.338 e. The average molecular weight is 516 g/mol. The lowest BCUT2D eigenvalue weighted by atomic mass is 10.1. The van der Waals surface area contributed by atoms with Crippen molar-refractivity contribution in [3.05, 3.63) is 98.5 Å². The van der Waals surface area contributed by atoms with Crippen LogP contribution in [0.4, 0.5) is 5.69 Å². The highest BCUT2D eigenvalue weighted by Crippen LogP contribution is 2.35. The summed E-state index contributed by atoms with van der Waals surface area (Å²) in [6.45, 7) is 2.01. The largest absolute Gasteiger partial charge is 0.462 e. The Morgan fingerprint density at radius 1 is 1.09 bits per heavy atom. The van der Waals surface area contributed by atoms with E-state index in [1.807, 2.05) is 18.2 Å². The zero-order chi connectivity index (χ0) is 23.8. The number of ether oxygens (including phenoxy) is 1. The van der Waals surface area contributed by atoms with Gasteiger partial charge in [-0.1, -0.05) is 28.1 Å². The molecule has 1 aromatic heterocycles. The van der Waals surface area contributed by atoms with E-state index in [0.717, 1.165) is 4.47 Å². The number of para-hydroxylation sites is 1. The molecule has 0 saturated carbocycles. The van der Waals surface area contributed by atoms with Gasteiger partial charge in [0, 0.05) is 15.7 Å². The van der Waals surface area contributed by atoms with Crippen molar-refractivity contribution in [1.82, 2.24) is 9.55 Å². The molecule has 0 radical (unpaired) electrons. The molecule has 0 bridgehead atoms. The molecule has 8 heteroatoms. The minimum Gasteiger partial charge on any atom is -0.462 e. The summed E-state index contributed by atoms with van der Waals surface area (Å²) in [7, 11) is 0. The Balaban J connectivity index is 1.72. The Morgan fingerprint density at radius 3 is 2.62 bits per heavy atom. The molecule has 1 aliphatic rings. The van der Waals surface area contributed by atoms with Crippen LogP contribution < -0.4 is 10.9 Å². The number of aromatic nitrogens is 2. The van der Waals surface area contributed by atoms with Gasteiger partial charge < -0.3 is 10.1 Å². The Labute approximate surface area is 202 Å². The molecule has 4 aromatic rings. The zero-order valence-corrected chi connectivity index (χ0v) is 19.6. The van der Waals surface area contributed by atoms with E-state index in [1.165, 1.54) is 4.57 Å². The highest BCUT2D eigenvalue weighted by atomic mass is 79.9. The van der Waals surface area contributed by atoms with Crippen LogP contribution in [0.5, 0.6) is 0 Å². The van der Waals surface area contributed by atoms with Gasteiger partial charge in [-0.2, -0.15) is 0 Å². The van der Waals surface area contributed by atoms with E-state index in [0.29, 0.717) is 44.8 Å². The summed E-state index contributed by atoms with van der Waals surface area (Å²) in [5.74, 6) is -0.421. The number of anilines is 1. The molecule has 3 aromatic carbocycles. The third-order valence-corrected chi connectivity index (χ3v) is 5.97. The first-order valence-corrected chi connectivity index (χ1v) is 11.4. The van der Waals surface area contributed by atoms with Gasteiger partial charge in [0.25, 0.3) is 11.5 Å². The predicted octanol–water partition coefficient (Wildman–Crippen LogP) is 4.82. The maximum atomic E-state index is 13.5. The molecular weight excluding hydrogens is 498 g/mol. The summed E-state index contributed by atoms with van der Waals surface area (Å²) in [6, 6.07) is 19.1. The number of rotatable bonds is 4. The first kappa shape index (κ1) is 21.8. The number of hydrogen-bond acceptors (Lipinski definition) is 5. The number of amides is 1. The molecule has 168 valence electrons. The average Bonchev–Trinajstić information content (AvgIpc) is 3.14. The summed E-state index contributed by atoms with van der Waals surface area (Å²) in [4.78, 5) is 43.0. The van der Waals surface area contributed by atoms with Crippen molar-refractivity contribution >= 4 is 56.0 Å². The highest BCUT2D eigenvalue weighted by molar-refractivity contribution is 9.10. The molecule has 2 heterocycles. The Kier molecular flexibility index (Phi) is 5.59. The number of fused-ring (bicyclic) bond motifs is 2. The molecule has 1 amide bonds. The van der Waals surface area contributed by atoms with E-state index in [9.17, 15) is 14.4 Å². The molecule has 0 saturated heterocycles. The van der Waals surface area contributed by atoms with Crippen molar-refractivity contribution in [3.8, 4) is 5.69 Å². The van der Waals surface area contributed by atoms with E-state index < -0.39 is 5.97 Å². The fraction of sp³-hybridized carbons (Fsp3) is 0.0769. The molecule has 0 aliphatic carbocycles. The molecule has 34 heavy (non-hydrogen) atoms. The lowest BCUT2D eigenvalue weighted by Crippen LogP contribution is -2.22. The van der Waals surface area contributed by atoms with Gasteiger partial charge in [0.2, 0.25) is 0 Å². The van der Waals surface area contributed by atoms with Crippen molar-refractivity contribution in [1.29, 1.82) is 0 Å². The van der Waals surface area contributed by atoms with E-state index in [1.54, 1.807) is 61.5 Å². The van der Waals surface area contributed by atoms with E-state index in [-0.39, 0.29) is 18.1 Å². The van der Waals surface area contributed by atoms with Crippen molar-refractivity contribution in [2.45, 2.75) is 6.92 Å². The van der Waals surface area contributed by atoms with Crippen LogP contribution in [0.2, 0.25) is 0 Å². The fourth-order valence-corrected chi connectivity index (χ4v) is 4.25. The second-order valence-electron chi connectivity index (χ2n) is 7.60. The first-order chi connectivity index (χ1) is 16.5. The predicted molar refractivity (Wildman–Crippen MR) is 134 cm³/mol. The molecule has 0 atom stereocenters. The van der Waals surface area contributed by atoms with Gasteiger partial charge in [-0.05, 0) is 67.6 Å². The lowest BCUT2D eigenvalue weighted by Gasteiger charge is -2.12. The number of nitrogens with one attached hydrogen (secondary N) is 1. The summed E-state index contributed by atoms with van der Waals surface area (Å²) in [5.41, 5.74) is 2.92. The number of carbonyl (C=O) groups excluding carboxylic acids is 2. The first-order valence-electron chi connectivity index (χ1n) is 10.6. The lowest BCUT2D eigenvalue weighted by molar-refractivity contribution is -0.110. The second-order valence-corrected chi connectivity index (χ2v) is 8.51. The maximum absolute atomic E-state index is 13.5. The maximum Gasteiger partial charge on any atom is 0.338 e. The fourth-order valence-electron chi connectivity index (χ4n) is 3.89. The molecule has 1 N–H and O–H groups in total. The van der Waals surface area contributed by atoms with Crippen molar-refractivity contribution in [2.75, 3.05) is 11.9 Å². The van der Waals surface area contributed by atoms with Gasteiger partial charge in [0.15, 0.2) is 0 Å². The van der Waals surface area contributed by atoms with Crippen molar-refractivity contribution < 1.29 is 14.3 Å². The second kappa shape index (κ2) is 8.72. The molecule has 0 fully saturated rings. The number of hydrogen-bond donors (Lipinski definition) is 1. The molecule has 7 nitrogen and oxygen atoms in total. The van der Waals surface area contributed by atoms with Gasteiger partial charge in [0.1, 0.15) is 5.82 Å². The number of benzene rings is 3. The summed E-state index contributed by atoms with van der Waals surface area (Å²) >= 11 is 3.45. The third kappa shape index (κ3) is 3.82. The Hall–Kier alpha value is -4.04. The molecule has 5 rings (SSSR count). The Morgan fingerprint density at radius 2 is 1.85 bits per heavy atom. The van der Waals surface area contributed by atoms with Gasteiger partial charge in [0.05, 0.1) is 34.3 Å². The van der Waals surface area contributed by atoms with Crippen molar-refractivity contribution in [3.63, 3.8) is 0 Å². The monoisotopic (exact) mass is 515 g/mol. The number of nitrogens with zero attached hydrogens (tertiary/aromatic N) is 2. The van der Waals surface area contributed by atoms with Crippen LogP contribution in [0.1, 0.15) is 28.7 Å². The van der Waals surface area contributed by atoms with Crippen LogP contribution in [-0.4, -0.2) is 28.0 Å². The van der Waals surface area contributed by atoms with Crippen molar-refractivity contribution in [2.24, 2.45) is 0 Å². The number of carbonyl (C=O) groups is 2. The van der Waals surface area contributed by atoms with Crippen LogP contribution in [0.3, 0.4) is 0 Å². The van der Waals surface area contributed by atoms with Gasteiger partial charge in [-0.15, -0.1) is 0 Å². The molecule has 1 aliphatic heterocycles. The molecule has 0 spiro atoms. The van der Waals surface area contributed by atoms with Crippen LogP contribution in [0, 0.1) is 0 Å². The molecule has 0 unspecified atom stereocenters. The minimum atomic E-state index is -0.440. The number of halogens is 1. The van der Waals surface area contributed by atoms with E-state index in [4.69, 9.17) is 9.72 Å². The van der Waals surface area contributed by atoms with E-state index >= 15 is 0 Å². The summed E-state index contributed by atoms with van der Waals surface area (Å²) in [5, 5.41) is 3.29. The normalized spacial score (nSPS) is 13.7. The zero-order valence-electron chi connectivity index (χ0n) is 18.0. The van der Waals surface area contributed by atoms with Crippen LogP contribution in [0.25, 0.3) is 28.2 Å². The topological polar surface area (TPSA) is 90.3 Å². The van der Waals surface area contributed by atoms with Crippen LogP contribution >= 0.6 is 15.9 Å². The van der Waals surface area contributed by atoms with Crippen LogP contribution in [-0.2, 0) is 9.53 Å². The highest BCUT2D eigenvalue weighted by Gasteiger charge is 2.25. The number of esters is 1.